The van der Waals surface area contributed by atoms with Crippen LogP contribution in [0.1, 0.15) is 67.2 Å². The monoisotopic (exact) mass is 535 g/mol. The van der Waals surface area contributed by atoms with Gasteiger partial charge in [-0.15, -0.1) is 0 Å². The van der Waals surface area contributed by atoms with E-state index in [1.807, 2.05) is 13.8 Å². The lowest BCUT2D eigenvalue weighted by atomic mass is 10.2. The fourth-order valence-corrected chi connectivity index (χ4v) is 3.42. The highest BCUT2D eigenvalue weighted by molar-refractivity contribution is 9.10. The third-order valence-corrected chi connectivity index (χ3v) is 5.28. The summed E-state index contributed by atoms with van der Waals surface area (Å²) in [5, 5.41) is 2.49. The average Bonchev–Trinajstić information content (AvgIpc) is 2.78. The zero-order valence-corrected chi connectivity index (χ0v) is 21.5. The summed E-state index contributed by atoms with van der Waals surface area (Å²) in [6.45, 7) is 6.67. The van der Waals surface area contributed by atoms with Crippen LogP contribution in [0.25, 0.3) is 0 Å². The number of hydrogen-bond acceptors (Lipinski definition) is 5. The van der Waals surface area contributed by atoms with Crippen molar-refractivity contribution in [1.82, 2.24) is 16.2 Å². The highest BCUT2D eigenvalue weighted by Crippen LogP contribution is 2.27. The number of nitrogens with one attached hydrogen (secondary N) is 3. The molecule has 3 N–H and O–H groups in total. The van der Waals surface area contributed by atoms with Gasteiger partial charge in [-0.25, -0.2) is 0 Å². The molecule has 2 aromatic rings. The zero-order chi connectivity index (χ0) is 24.2. The van der Waals surface area contributed by atoms with E-state index in [0.717, 1.165) is 18.6 Å². The number of hydrazine groups is 1. The van der Waals surface area contributed by atoms with Crippen molar-refractivity contribution in [2.75, 3.05) is 6.61 Å². The van der Waals surface area contributed by atoms with Gasteiger partial charge in [0.1, 0.15) is 11.5 Å². The summed E-state index contributed by atoms with van der Waals surface area (Å²) in [4.78, 5) is 24.7. The maximum absolute atomic E-state index is 12.4. The molecule has 0 bridgehead atoms. The smallest absolute Gasteiger partial charge is 0.269 e. The number of thiocarbonyl (C=S) groups is 1. The lowest BCUT2D eigenvalue weighted by Gasteiger charge is -2.13. The summed E-state index contributed by atoms with van der Waals surface area (Å²) in [5.74, 6) is 0.551. The minimum absolute atomic E-state index is 0.0145. The van der Waals surface area contributed by atoms with E-state index in [1.54, 1.807) is 42.5 Å². The van der Waals surface area contributed by atoms with Crippen molar-refractivity contribution >= 4 is 45.1 Å². The molecule has 2 amide bonds. The quantitative estimate of drug-likeness (QED) is 0.221. The SMILES string of the molecule is CCCCCCOc1ccc(C(=O)NNC(=S)NC(=O)c2ccc(OC(C)C)c(Br)c2)cc1. The van der Waals surface area contributed by atoms with Crippen LogP contribution in [0, 0.1) is 0 Å². The van der Waals surface area contributed by atoms with E-state index in [1.165, 1.54) is 12.8 Å². The van der Waals surface area contributed by atoms with E-state index in [2.05, 4.69) is 39.0 Å². The van der Waals surface area contributed by atoms with Crippen molar-refractivity contribution in [1.29, 1.82) is 0 Å². The second kappa shape index (κ2) is 13.8. The van der Waals surface area contributed by atoms with Gasteiger partial charge in [-0.1, -0.05) is 26.2 Å². The third kappa shape index (κ3) is 9.39. The number of benzene rings is 2. The molecular formula is C24H30BrN3O4S. The minimum atomic E-state index is -0.418. The van der Waals surface area contributed by atoms with Gasteiger partial charge in [0.05, 0.1) is 17.2 Å². The molecule has 7 nitrogen and oxygen atoms in total. The molecule has 0 fully saturated rings. The van der Waals surface area contributed by atoms with Gasteiger partial charge in [0.2, 0.25) is 0 Å². The summed E-state index contributed by atoms with van der Waals surface area (Å²) >= 11 is 8.49. The van der Waals surface area contributed by atoms with E-state index >= 15 is 0 Å². The largest absolute Gasteiger partial charge is 0.494 e. The molecule has 2 aromatic carbocycles. The zero-order valence-electron chi connectivity index (χ0n) is 19.1. The first-order chi connectivity index (χ1) is 15.8. The Morgan fingerprint density at radius 3 is 2.30 bits per heavy atom. The van der Waals surface area contributed by atoms with Crippen LogP contribution < -0.4 is 25.6 Å². The predicted molar refractivity (Wildman–Crippen MR) is 137 cm³/mol. The van der Waals surface area contributed by atoms with E-state index < -0.39 is 5.91 Å². The summed E-state index contributed by atoms with van der Waals surface area (Å²) < 4.78 is 12.0. The molecule has 0 unspecified atom stereocenters. The highest BCUT2D eigenvalue weighted by atomic mass is 79.9. The Labute approximate surface area is 208 Å². The predicted octanol–water partition coefficient (Wildman–Crippen LogP) is 5.14. The molecule has 0 heterocycles. The Kier molecular flexibility index (Phi) is 11.1. The Hall–Kier alpha value is -2.65. The molecule has 0 aliphatic carbocycles. The van der Waals surface area contributed by atoms with E-state index in [0.29, 0.717) is 28.0 Å². The van der Waals surface area contributed by atoms with Crippen LogP contribution in [-0.2, 0) is 0 Å². The van der Waals surface area contributed by atoms with Crippen LogP contribution in [0.15, 0.2) is 46.9 Å². The van der Waals surface area contributed by atoms with Crippen LogP contribution in [-0.4, -0.2) is 29.6 Å². The number of ether oxygens (including phenoxy) is 2. The molecule has 178 valence electrons. The van der Waals surface area contributed by atoms with Crippen molar-refractivity contribution in [2.45, 2.75) is 52.6 Å². The van der Waals surface area contributed by atoms with Crippen LogP contribution >= 0.6 is 28.1 Å². The molecular weight excluding hydrogens is 506 g/mol. The fourth-order valence-electron chi connectivity index (χ4n) is 2.81. The number of carbonyl (C=O) groups is 2. The van der Waals surface area contributed by atoms with Gasteiger partial charge in [0.25, 0.3) is 11.8 Å². The summed E-state index contributed by atoms with van der Waals surface area (Å²) in [6, 6.07) is 11.8. The Bertz CT molecular complexity index is 951. The summed E-state index contributed by atoms with van der Waals surface area (Å²) in [5.41, 5.74) is 5.82. The molecule has 0 radical (unpaired) electrons. The summed E-state index contributed by atoms with van der Waals surface area (Å²) in [6.07, 6.45) is 4.56. The van der Waals surface area contributed by atoms with Crippen molar-refractivity contribution in [3.63, 3.8) is 0 Å². The molecule has 0 aliphatic heterocycles. The number of rotatable bonds is 10. The van der Waals surface area contributed by atoms with Gasteiger partial charge >= 0.3 is 0 Å². The number of unbranched alkanes of at least 4 members (excludes halogenated alkanes) is 3. The van der Waals surface area contributed by atoms with Gasteiger partial charge in [-0.2, -0.15) is 0 Å². The standard InChI is InChI=1S/C24H30BrN3O4S/c1-4-5-6-7-14-31-19-11-8-17(9-12-19)23(30)27-28-24(33)26-22(29)18-10-13-21(20(25)15-18)32-16(2)3/h8-13,15-16H,4-7,14H2,1-3H3,(H,27,30)(H2,26,28,29,33). The molecule has 0 saturated carbocycles. The van der Waals surface area contributed by atoms with Crippen LogP contribution in [0.3, 0.4) is 0 Å². The minimum Gasteiger partial charge on any atom is -0.494 e. The van der Waals surface area contributed by atoms with Gasteiger partial charge in [0, 0.05) is 11.1 Å². The van der Waals surface area contributed by atoms with Crippen LogP contribution in [0.5, 0.6) is 11.5 Å². The Morgan fingerprint density at radius 2 is 1.67 bits per heavy atom. The number of amides is 2. The third-order valence-electron chi connectivity index (χ3n) is 4.46. The molecule has 33 heavy (non-hydrogen) atoms. The molecule has 0 atom stereocenters. The Balaban J connectivity index is 1.79. The second-order valence-electron chi connectivity index (χ2n) is 7.61. The first-order valence-electron chi connectivity index (χ1n) is 10.9. The van der Waals surface area contributed by atoms with Gasteiger partial charge in [0.15, 0.2) is 5.11 Å². The van der Waals surface area contributed by atoms with Crippen molar-refractivity contribution in [3.8, 4) is 11.5 Å². The fraction of sp³-hybridized carbons (Fsp3) is 0.375. The number of carbonyl (C=O) groups excluding carboxylic acids is 2. The second-order valence-corrected chi connectivity index (χ2v) is 8.87. The highest BCUT2D eigenvalue weighted by Gasteiger charge is 2.12. The van der Waals surface area contributed by atoms with Gasteiger partial charge in [-0.05, 0) is 90.9 Å². The van der Waals surface area contributed by atoms with E-state index in [-0.39, 0.29) is 17.1 Å². The van der Waals surface area contributed by atoms with Crippen LogP contribution in [0.2, 0.25) is 0 Å². The molecule has 0 saturated heterocycles. The number of hydrogen-bond donors (Lipinski definition) is 3. The lowest BCUT2D eigenvalue weighted by Crippen LogP contribution is -2.48. The first kappa shape index (κ1) is 26.6. The maximum atomic E-state index is 12.4. The molecule has 2 rings (SSSR count). The van der Waals surface area contributed by atoms with Crippen LogP contribution in [0.4, 0.5) is 0 Å². The molecule has 0 aromatic heterocycles. The summed E-state index contributed by atoms with van der Waals surface area (Å²) in [7, 11) is 0. The van der Waals surface area contributed by atoms with E-state index in [4.69, 9.17) is 21.7 Å². The molecule has 9 heteroatoms. The van der Waals surface area contributed by atoms with Crippen molar-refractivity contribution < 1.29 is 19.1 Å². The Morgan fingerprint density at radius 1 is 0.970 bits per heavy atom. The maximum Gasteiger partial charge on any atom is 0.269 e. The van der Waals surface area contributed by atoms with E-state index in [9.17, 15) is 9.59 Å². The normalized spacial score (nSPS) is 10.5. The van der Waals surface area contributed by atoms with Gasteiger partial charge < -0.3 is 9.47 Å². The molecule has 0 aliphatic rings. The first-order valence-corrected chi connectivity index (χ1v) is 12.1. The van der Waals surface area contributed by atoms with Crippen molar-refractivity contribution in [3.05, 3.63) is 58.1 Å². The molecule has 0 spiro atoms. The van der Waals surface area contributed by atoms with Crippen molar-refractivity contribution in [2.24, 2.45) is 0 Å². The lowest BCUT2D eigenvalue weighted by molar-refractivity contribution is 0.0934. The topological polar surface area (TPSA) is 88.7 Å². The average molecular weight is 536 g/mol. The number of halogens is 1. The van der Waals surface area contributed by atoms with Gasteiger partial charge in [-0.3, -0.25) is 25.8 Å².